The summed E-state index contributed by atoms with van der Waals surface area (Å²) >= 11 is 12.1. The van der Waals surface area contributed by atoms with E-state index in [1.807, 2.05) is 24.3 Å². The highest BCUT2D eigenvalue weighted by Crippen LogP contribution is 2.31. The molecule has 25 heavy (non-hydrogen) atoms. The van der Waals surface area contributed by atoms with Crippen LogP contribution in [0, 0.1) is 0 Å². The van der Waals surface area contributed by atoms with Crippen molar-refractivity contribution in [3.8, 4) is 5.75 Å². The highest BCUT2D eigenvalue weighted by molar-refractivity contribution is 6.32. The van der Waals surface area contributed by atoms with Crippen LogP contribution >= 0.6 is 23.2 Å². The first-order valence-electron chi connectivity index (χ1n) is 7.85. The average molecular weight is 381 g/mol. The zero-order valence-corrected chi connectivity index (χ0v) is 15.2. The van der Waals surface area contributed by atoms with Crippen LogP contribution in [0.4, 0.5) is 0 Å². The van der Waals surface area contributed by atoms with Gasteiger partial charge in [0.05, 0.1) is 32.4 Å². The number of methoxy groups -OCH3 is 1. The van der Waals surface area contributed by atoms with Crippen molar-refractivity contribution >= 4 is 29.5 Å². The number of aldehydes is 1. The van der Waals surface area contributed by atoms with Crippen LogP contribution < -0.4 is 4.74 Å². The van der Waals surface area contributed by atoms with E-state index >= 15 is 0 Å². The third kappa shape index (κ3) is 4.30. The van der Waals surface area contributed by atoms with Crippen molar-refractivity contribution in [3.63, 3.8) is 0 Å². The second-order valence-electron chi connectivity index (χ2n) is 5.82. The van der Waals surface area contributed by atoms with Gasteiger partial charge >= 0.3 is 0 Å². The van der Waals surface area contributed by atoms with Crippen molar-refractivity contribution in [2.45, 2.75) is 18.6 Å². The van der Waals surface area contributed by atoms with Crippen LogP contribution in [0.25, 0.3) is 0 Å². The predicted molar refractivity (Wildman–Crippen MR) is 96.2 cm³/mol. The number of aromatic nitrogens is 1. The Labute approximate surface area is 156 Å². The van der Waals surface area contributed by atoms with Gasteiger partial charge in [-0.05, 0) is 35.4 Å². The minimum Gasteiger partial charge on any atom is -0.497 e. The minimum absolute atomic E-state index is 0.135. The molecular formula is C18H18Cl2N2O3. The number of hydrogen-bond donors (Lipinski definition) is 0. The number of pyridine rings is 1. The van der Waals surface area contributed by atoms with E-state index in [2.05, 4.69) is 9.88 Å². The van der Waals surface area contributed by atoms with E-state index in [-0.39, 0.29) is 12.1 Å². The average Bonchev–Trinajstić information content (AvgIpc) is 2.61. The molecule has 1 aliphatic heterocycles. The van der Waals surface area contributed by atoms with Crippen molar-refractivity contribution in [1.82, 2.24) is 9.88 Å². The van der Waals surface area contributed by atoms with Gasteiger partial charge in [-0.2, -0.15) is 0 Å². The lowest BCUT2D eigenvalue weighted by atomic mass is 10.0. The predicted octanol–water partition coefficient (Wildman–Crippen LogP) is 3.54. The summed E-state index contributed by atoms with van der Waals surface area (Å²) in [6.45, 7) is 1.42. The lowest BCUT2D eigenvalue weighted by Gasteiger charge is -2.40. The Hall–Kier alpha value is -1.66. The molecule has 132 valence electrons. The molecule has 0 aliphatic carbocycles. The zero-order chi connectivity index (χ0) is 17.8. The number of ether oxygens (including phenoxy) is 2. The second-order valence-corrected chi connectivity index (χ2v) is 6.60. The quantitative estimate of drug-likeness (QED) is 0.586. The fourth-order valence-electron chi connectivity index (χ4n) is 2.97. The number of benzene rings is 1. The number of morpholine rings is 1. The van der Waals surface area contributed by atoms with E-state index in [0.717, 1.165) is 23.2 Å². The van der Waals surface area contributed by atoms with Crippen LogP contribution in [0.2, 0.25) is 10.3 Å². The number of carbonyl (C=O) groups excluding carboxylic acids is 1. The number of hydrogen-bond acceptors (Lipinski definition) is 5. The van der Waals surface area contributed by atoms with Gasteiger partial charge in [0.15, 0.2) is 0 Å². The summed E-state index contributed by atoms with van der Waals surface area (Å²) in [7, 11) is 1.63. The van der Waals surface area contributed by atoms with Crippen LogP contribution in [0.5, 0.6) is 5.75 Å². The first-order chi connectivity index (χ1) is 12.1. The Bertz CT molecular complexity index is 719. The molecule has 1 fully saturated rings. The first kappa shape index (κ1) is 18.1. The van der Waals surface area contributed by atoms with E-state index < -0.39 is 0 Å². The van der Waals surface area contributed by atoms with Crippen molar-refractivity contribution in [3.05, 3.63) is 57.8 Å². The largest absolute Gasteiger partial charge is 0.497 e. The molecule has 1 saturated heterocycles. The molecule has 0 bridgehead atoms. The normalized spacial score (nSPS) is 21.1. The van der Waals surface area contributed by atoms with Crippen molar-refractivity contribution in [2.75, 3.05) is 20.3 Å². The topological polar surface area (TPSA) is 51.7 Å². The molecule has 0 saturated carbocycles. The van der Waals surface area contributed by atoms with Crippen molar-refractivity contribution in [2.24, 2.45) is 0 Å². The van der Waals surface area contributed by atoms with Gasteiger partial charge in [0.2, 0.25) is 0 Å². The van der Waals surface area contributed by atoms with Crippen molar-refractivity contribution in [1.29, 1.82) is 0 Å². The van der Waals surface area contributed by atoms with Gasteiger partial charge in [-0.25, -0.2) is 4.98 Å². The molecule has 0 spiro atoms. The van der Waals surface area contributed by atoms with Gasteiger partial charge in [0, 0.05) is 6.54 Å². The summed E-state index contributed by atoms with van der Waals surface area (Å²) in [5, 5.41) is 0.639. The van der Waals surface area contributed by atoms with E-state index in [1.54, 1.807) is 19.2 Å². The molecule has 2 aromatic rings. The molecule has 1 aromatic heterocycles. The van der Waals surface area contributed by atoms with Crippen LogP contribution in [0.3, 0.4) is 0 Å². The Morgan fingerprint density at radius 2 is 1.92 bits per heavy atom. The fourth-order valence-corrected chi connectivity index (χ4v) is 3.45. The summed E-state index contributed by atoms with van der Waals surface area (Å²) in [6.07, 6.45) is 0.917. The Morgan fingerprint density at radius 3 is 2.52 bits per heavy atom. The third-order valence-corrected chi connectivity index (χ3v) is 4.63. The Morgan fingerprint density at radius 1 is 1.24 bits per heavy atom. The summed E-state index contributed by atoms with van der Waals surface area (Å²) < 4.78 is 10.8. The van der Waals surface area contributed by atoms with Gasteiger partial charge in [-0.3, -0.25) is 4.90 Å². The molecule has 1 aliphatic rings. The highest BCUT2D eigenvalue weighted by atomic mass is 35.5. The molecule has 3 rings (SSSR count). The summed E-state index contributed by atoms with van der Waals surface area (Å²) in [5.41, 5.74) is 1.95. The standard InChI is InChI=1S/C18H18Cl2N2O3/c1-24-15-4-2-12(3-5-15)8-22-14(9-23)10-25-11-16(22)13-6-17(19)21-18(20)7-13/h2-7,9,14,16H,8,10-11H2,1H3/t14-,16+/m1/s1. The van der Waals surface area contributed by atoms with Crippen LogP contribution in [-0.4, -0.2) is 42.5 Å². The van der Waals surface area contributed by atoms with Gasteiger partial charge < -0.3 is 14.3 Å². The number of halogens is 2. The molecule has 0 radical (unpaired) electrons. The summed E-state index contributed by atoms with van der Waals surface area (Å²) in [4.78, 5) is 17.6. The summed E-state index contributed by atoms with van der Waals surface area (Å²) in [6, 6.07) is 10.8. The summed E-state index contributed by atoms with van der Waals surface area (Å²) in [5.74, 6) is 0.793. The smallest absolute Gasteiger partial charge is 0.139 e. The molecule has 7 heteroatoms. The third-order valence-electron chi connectivity index (χ3n) is 4.24. The first-order valence-corrected chi connectivity index (χ1v) is 8.61. The molecule has 0 unspecified atom stereocenters. The Kier molecular flexibility index (Phi) is 5.91. The van der Waals surface area contributed by atoms with Gasteiger partial charge in [0.1, 0.15) is 22.3 Å². The minimum atomic E-state index is -0.341. The maximum absolute atomic E-state index is 11.6. The highest BCUT2D eigenvalue weighted by Gasteiger charge is 2.32. The van der Waals surface area contributed by atoms with E-state index in [0.29, 0.717) is 30.1 Å². The number of carbonyl (C=O) groups is 1. The lowest BCUT2D eigenvalue weighted by Crippen LogP contribution is -2.47. The SMILES string of the molecule is COc1ccc(CN2[C@H](C=O)COC[C@H]2c2cc(Cl)nc(Cl)c2)cc1. The number of nitrogens with zero attached hydrogens (tertiary/aromatic N) is 2. The van der Waals surface area contributed by atoms with Crippen LogP contribution in [-0.2, 0) is 16.1 Å². The molecule has 1 aromatic carbocycles. The van der Waals surface area contributed by atoms with E-state index in [9.17, 15) is 4.79 Å². The van der Waals surface area contributed by atoms with Crippen LogP contribution in [0.15, 0.2) is 36.4 Å². The van der Waals surface area contributed by atoms with Crippen molar-refractivity contribution < 1.29 is 14.3 Å². The molecule has 5 nitrogen and oxygen atoms in total. The van der Waals surface area contributed by atoms with E-state index in [4.69, 9.17) is 32.7 Å². The molecule has 0 N–H and O–H groups in total. The maximum atomic E-state index is 11.6. The van der Waals surface area contributed by atoms with Gasteiger partial charge in [-0.15, -0.1) is 0 Å². The second kappa shape index (κ2) is 8.15. The molecule has 0 amide bonds. The lowest BCUT2D eigenvalue weighted by molar-refractivity contribution is -0.123. The Balaban J connectivity index is 1.90. The monoisotopic (exact) mass is 380 g/mol. The van der Waals surface area contributed by atoms with E-state index in [1.165, 1.54) is 0 Å². The van der Waals surface area contributed by atoms with Gasteiger partial charge in [-0.1, -0.05) is 35.3 Å². The number of rotatable bonds is 5. The molecule has 2 heterocycles. The zero-order valence-electron chi connectivity index (χ0n) is 13.7. The molecular weight excluding hydrogens is 363 g/mol. The van der Waals surface area contributed by atoms with Crippen LogP contribution in [0.1, 0.15) is 17.2 Å². The molecule has 2 atom stereocenters. The van der Waals surface area contributed by atoms with Gasteiger partial charge in [0.25, 0.3) is 0 Å². The maximum Gasteiger partial charge on any atom is 0.139 e. The fraction of sp³-hybridized carbons (Fsp3) is 0.333.